The van der Waals surface area contributed by atoms with Gasteiger partial charge in [0.1, 0.15) is 5.82 Å². The summed E-state index contributed by atoms with van der Waals surface area (Å²) >= 11 is 0. The molecule has 192 valence electrons. The van der Waals surface area contributed by atoms with Crippen LogP contribution in [0.25, 0.3) is 11.1 Å². The van der Waals surface area contributed by atoms with Crippen LogP contribution in [0.2, 0.25) is 0 Å². The molecule has 0 bridgehead atoms. The van der Waals surface area contributed by atoms with Crippen LogP contribution < -0.4 is 0 Å². The molecule has 2 aromatic carbocycles. The smallest absolute Gasteiger partial charge is 0.385 e. The third-order valence-electron chi connectivity index (χ3n) is 7.12. The Morgan fingerprint density at radius 2 is 1.57 bits per heavy atom. The topological polar surface area (TPSA) is 38.7 Å². The third kappa shape index (κ3) is 5.37. The second-order valence-electron chi connectivity index (χ2n) is 9.54. The molecule has 35 heavy (non-hydrogen) atoms. The van der Waals surface area contributed by atoms with Gasteiger partial charge in [-0.2, -0.15) is 13.2 Å². The minimum absolute atomic E-state index is 0.103. The fourth-order valence-electron chi connectivity index (χ4n) is 5.08. The van der Waals surface area contributed by atoms with Crippen LogP contribution in [0.15, 0.2) is 30.3 Å². The standard InChI is InChI=1S/C26H28F6O3/c1-2-3-15-13-34-24(35-14-15)16-8-10-25(33,11-9-16)17-4-5-18(21(27)12-17)19-6-7-20(26(30,31)32)23(29)22(19)28/h4-7,12,15-16,24,33H,2-3,8-11,13-14H2,1H3. The number of halogens is 6. The molecule has 0 atom stereocenters. The number of aliphatic hydroxyl groups is 1. The molecule has 0 amide bonds. The quantitative estimate of drug-likeness (QED) is 0.450. The predicted octanol–water partition coefficient (Wildman–Crippen LogP) is 6.96. The molecular weight excluding hydrogens is 474 g/mol. The van der Waals surface area contributed by atoms with E-state index in [0.29, 0.717) is 56.9 Å². The highest BCUT2D eigenvalue weighted by Crippen LogP contribution is 2.43. The Balaban J connectivity index is 1.46. The van der Waals surface area contributed by atoms with Crippen molar-refractivity contribution in [3.8, 4) is 11.1 Å². The summed E-state index contributed by atoms with van der Waals surface area (Å²) in [5, 5.41) is 11.2. The van der Waals surface area contributed by atoms with E-state index >= 15 is 0 Å². The van der Waals surface area contributed by atoms with Gasteiger partial charge in [-0.1, -0.05) is 31.5 Å². The SMILES string of the molecule is CCCC1COC(C2CCC(O)(c3ccc(-c4ccc(C(F)(F)F)c(F)c4F)c(F)c3)CC2)OC1. The van der Waals surface area contributed by atoms with Gasteiger partial charge in [0.2, 0.25) is 0 Å². The van der Waals surface area contributed by atoms with E-state index < -0.39 is 40.4 Å². The van der Waals surface area contributed by atoms with Gasteiger partial charge in [-0.05, 0) is 49.8 Å². The minimum Gasteiger partial charge on any atom is -0.385 e. The van der Waals surface area contributed by atoms with Gasteiger partial charge in [-0.3, -0.25) is 0 Å². The number of alkyl halides is 3. The molecule has 1 N–H and O–H groups in total. The first-order valence-electron chi connectivity index (χ1n) is 11.8. The fourth-order valence-corrected chi connectivity index (χ4v) is 5.08. The van der Waals surface area contributed by atoms with E-state index in [1.165, 1.54) is 6.07 Å². The molecular formula is C26H28F6O3. The molecule has 2 aliphatic rings. The van der Waals surface area contributed by atoms with Crippen LogP contribution in [-0.2, 0) is 21.3 Å². The Kier molecular flexibility index (Phi) is 7.50. The molecule has 1 saturated carbocycles. The minimum atomic E-state index is -5.07. The number of benzene rings is 2. The lowest BCUT2D eigenvalue weighted by Crippen LogP contribution is -2.41. The van der Waals surface area contributed by atoms with Crippen molar-refractivity contribution in [1.29, 1.82) is 0 Å². The summed E-state index contributed by atoms with van der Waals surface area (Å²) in [5.74, 6) is -4.33. The van der Waals surface area contributed by atoms with Crippen molar-refractivity contribution in [1.82, 2.24) is 0 Å². The third-order valence-corrected chi connectivity index (χ3v) is 7.12. The summed E-state index contributed by atoms with van der Waals surface area (Å²) in [4.78, 5) is 0. The average Bonchev–Trinajstić information content (AvgIpc) is 2.81. The van der Waals surface area contributed by atoms with E-state index in [0.717, 1.165) is 25.0 Å². The maximum absolute atomic E-state index is 14.9. The van der Waals surface area contributed by atoms with Gasteiger partial charge in [0.05, 0.1) is 24.4 Å². The maximum Gasteiger partial charge on any atom is 0.419 e. The zero-order valence-corrected chi connectivity index (χ0v) is 19.3. The van der Waals surface area contributed by atoms with E-state index in [9.17, 15) is 31.4 Å². The van der Waals surface area contributed by atoms with Crippen LogP contribution in [0.3, 0.4) is 0 Å². The van der Waals surface area contributed by atoms with E-state index in [-0.39, 0.29) is 23.3 Å². The lowest BCUT2D eigenvalue weighted by atomic mass is 9.74. The molecule has 9 heteroatoms. The molecule has 0 unspecified atom stereocenters. The zero-order chi connectivity index (χ0) is 25.4. The van der Waals surface area contributed by atoms with Gasteiger partial charge in [0.25, 0.3) is 0 Å². The normalized spacial score (nSPS) is 27.7. The van der Waals surface area contributed by atoms with E-state index in [4.69, 9.17) is 9.47 Å². The van der Waals surface area contributed by atoms with Gasteiger partial charge in [0, 0.05) is 23.0 Å². The lowest BCUT2D eigenvalue weighted by Gasteiger charge is -2.41. The van der Waals surface area contributed by atoms with E-state index in [1.807, 2.05) is 0 Å². The van der Waals surface area contributed by atoms with Crippen LogP contribution >= 0.6 is 0 Å². The molecule has 1 saturated heterocycles. The Hall–Kier alpha value is -2.10. The Morgan fingerprint density at radius 1 is 0.943 bits per heavy atom. The number of ether oxygens (including phenoxy) is 2. The molecule has 1 aliphatic carbocycles. The molecule has 0 radical (unpaired) electrons. The van der Waals surface area contributed by atoms with Crippen LogP contribution in [0.1, 0.15) is 56.6 Å². The molecule has 1 aliphatic heterocycles. The summed E-state index contributed by atoms with van der Waals surface area (Å²) in [5.41, 5.74) is -3.81. The highest BCUT2D eigenvalue weighted by atomic mass is 19.4. The molecule has 0 spiro atoms. The van der Waals surface area contributed by atoms with Gasteiger partial charge in [-0.15, -0.1) is 0 Å². The first kappa shape index (κ1) is 26.0. The van der Waals surface area contributed by atoms with Gasteiger partial charge in [-0.25, -0.2) is 13.2 Å². The predicted molar refractivity (Wildman–Crippen MR) is 117 cm³/mol. The van der Waals surface area contributed by atoms with Crippen LogP contribution in [0, 0.1) is 29.3 Å². The number of hydrogen-bond acceptors (Lipinski definition) is 3. The molecule has 1 heterocycles. The summed E-state index contributed by atoms with van der Waals surface area (Å²) in [6.07, 6.45) is -1.43. The van der Waals surface area contributed by atoms with Crippen LogP contribution in [0.4, 0.5) is 26.3 Å². The van der Waals surface area contributed by atoms with Crippen LogP contribution in [0.5, 0.6) is 0 Å². The monoisotopic (exact) mass is 502 g/mol. The second kappa shape index (κ2) is 10.1. The highest BCUT2D eigenvalue weighted by molar-refractivity contribution is 5.66. The van der Waals surface area contributed by atoms with Crippen molar-refractivity contribution in [2.24, 2.45) is 11.8 Å². The molecule has 4 rings (SSSR count). The molecule has 2 aromatic rings. The first-order chi connectivity index (χ1) is 16.5. The van der Waals surface area contributed by atoms with Crippen molar-refractivity contribution in [2.45, 2.75) is 63.5 Å². The molecule has 2 fully saturated rings. The molecule has 3 nitrogen and oxygen atoms in total. The summed E-state index contributed by atoms with van der Waals surface area (Å²) in [6.45, 7) is 3.40. The molecule has 0 aromatic heterocycles. The van der Waals surface area contributed by atoms with Crippen molar-refractivity contribution in [3.05, 3.63) is 58.9 Å². The van der Waals surface area contributed by atoms with Crippen molar-refractivity contribution < 1.29 is 40.9 Å². The zero-order valence-electron chi connectivity index (χ0n) is 19.3. The average molecular weight is 502 g/mol. The van der Waals surface area contributed by atoms with Crippen LogP contribution in [-0.4, -0.2) is 24.6 Å². The Bertz CT molecular complexity index is 1040. The first-order valence-corrected chi connectivity index (χ1v) is 11.8. The Labute approximate surface area is 200 Å². The van der Waals surface area contributed by atoms with E-state index in [1.54, 1.807) is 0 Å². The Morgan fingerprint density at radius 3 is 2.14 bits per heavy atom. The van der Waals surface area contributed by atoms with Crippen molar-refractivity contribution >= 4 is 0 Å². The largest absolute Gasteiger partial charge is 0.419 e. The number of rotatable bonds is 5. The maximum atomic E-state index is 14.9. The number of hydrogen-bond donors (Lipinski definition) is 1. The highest BCUT2D eigenvalue weighted by Gasteiger charge is 2.40. The fraction of sp³-hybridized carbons (Fsp3) is 0.538. The second-order valence-corrected chi connectivity index (χ2v) is 9.54. The van der Waals surface area contributed by atoms with Crippen molar-refractivity contribution in [2.75, 3.05) is 13.2 Å². The summed E-state index contributed by atoms with van der Waals surface area (Å²) in [6, 6.07) is 4.68. The van der Waals surface area contributed by atoms with Gasteiger partial charge >= 0.3 is 6.18 Å². The summed E-state index contributed by atoms with van der Waals surface area (Å²) < 4.78 is 93.5. The van der Waals surface area contributed by atoms with Crippen molar-refractivity contribution in [3.63, 3.8) is 0 Å². The van der Waals surface area contributed by atoms with Gasteiger partial charge in [0.15, 0.2) is 17.9 Å². The summed E-state index contributed by atoms with van der Waals surface area (Å²) in [7, 11) is 0. The van der Waals surface area contributed by atoms with E-state index in [2.05, 4.69) is 6.92 Å². The van der Waals surface area contributed by atoms with Gasteiger partial charge < -0.3 is 14.6 Å². The lowest BCUT2D eigenvalue weighted by molar-refractivity contribution is -0.233.